The Hall–Kier alpha value is -1.62. The number of rotatable bonds is 3. The molecular formula is C11H13N3OS. The van der Waals surface area contributed by atoms with Crippen molar-refractivity contribution in [2.45, 2.75) is 20.3 Å². The standard InChI is InChI=1S/C11H13N3OS/c1-3-8-4-5-16-10(8)11(15)12-9-6-7(2)13-14-9/h4-6H,3H2,1-2H3,(H2,12,13,14,15). The quantitative estimate of drug-likeness (QED) is 0.859. The molecule has 0 radical (unpaired) electrons. The minimum atomic E-state index is -0.0849. The average molecular weight is 235 g/mol. The fraction of sp³-hybridized carbons (Fsp3) is 0.273. The maximum Gasteiger partial charge on any atom is 0.267 e. The molecule has 0 bridgehead atoms. The molecule has 84 valence electrons. The van der Waals surface area contributed by atoms with Crippen LogP contribution in [0.4, 0.5) is 5.82 Å². The zero-order valence-electron chi connectivity index (χ0n) is 9.20. The molecule has 2 heterocycles. The van der Waals surface area contributed by atoms with Gasteiger partial charge >= 0.3 is 0 Å². The first kappa shape index (κ1) is 10.9. The van der Waals surface area contributed by atoms with Crippen LogP contribution in [0.5, 0.6) is 0 Å². The summed E-state index contributed by atoms with van der Waals surface area (Å²) >= 11 is 1.46. The smallest absolute Gasteiger partial charge is 0.267 e. The van der Waals surface area contributed by atoms with Crippen molar-refractivity contribution < 1.29 is 4.79 Å². The predicted molar refractivity (Wildman–Crippen MR) is 65.0 cm³/mol. The largest absolute Gasteiger partial charge is 0.304 e. The van der Waals surface area contributed by atoms with E-state index in [1.807, 2.05) is 25.3 Å². The Morgan fingerprint density at radius 3 is 3.06 bits per heavy atom. The summed E-state index contributed by atoms with van der Waals surface area (Å²) in [6.45, 7) is 3.93. The van der Waals surface area contributed by atoms with E-state index in [0.717, 1.165) is 22.6 Å². The number of aryl methyl sites for hydroxylation is 2. The van der Waals surface area contributed by atoms with Crippen LogP contribution in [0.1, 0.15) is 27.9 Å². The van der Waals surface area contributed by atoms with Crippen molar-refractivity contribution in [3.63, 3.8) is 0 Å². The van der Waals surface area contributed by atoms with Crippen molar-refractivity contribution in [3.8, 4) is 0 Å². The number of nitrogens with zero attached hydrogens (tertiary/aromatic N) is 1. The molecule has 0 unspecified atom stereocenters. The Bertz CT molecular complexity index is 501. The molecule has 5 heteroatoms. The highest BCUT2D eigenvalue weighted by molar-refractivity contribution is 7.12. The number of hydrogen-bond donors (Lipinski definition) is 2. The molecule has 0 atom stereocenters. The number of nitrogens with one attached hydrogen (secondary N) is 2. The number of anilines is 1. The number of aromatic nitrogens is 2. The van der Waals surface area contributed by atoms with E-state index in [2.05, 4.69) is 15.5 Å². The molecule has 0 spiro atoms. The lowest BCUT2D eigenvalue weighted by atomic mass is 10.2. The van der Waals surface area contributed by atoms with Gasteiger partial charge in [0.2, 0.25) is 0 Å². The monoisotopic (exact) mass is 235 g/mol. The van der Waals surface area contributed by atoms with Crippen LogP contribution in [-0.2, 0) is 6.42 Å². The predicted octanol–water partition coefficient (Wildman–Crippen LogP) is 2.59. The van der Waals surface area contributed by atoms with Crippen LogP contribution >= 0.6 is 11.3 Å². The summed E-state index contributed by atoms with van der Waals surface area (Å²) in [6.07, 6.45) is 0.867. The number of carbonyl (C=O) groups is 1. The van der Waals surface area contributed by atoms with E-state index in [4.69, 9.17) is 0 Å². The van der Waals surface area contributed by atoms with Crippen LogP contribution in [0, 0.1) is 6.92 Å². The first-order chi connectivity index (χ1) is 7.70. The van der Waals surface area contributed by atoms with Crippen LogP contribution in [0.25, 0.3) is 0 Å². The number of aromatic amines is 1. The van der Waals surface area contributed by atoms with Gasteiger partial charge in [-0.05, 0) is 30.4 Å². The van der Waals surface area contributed by atoms with Gasteiger partial charge in [0.25, 0.3) is 5.91 Å². The van der Waals surface area contributed by atoms with Gasteiger partial charge < -0.3 is 5.32 Å². The SMILES string of the molecule is CCc1ccsc1C(=O)Nc1cc(C)[nH]n1. The summed E-state index contributed by atoms with van der Waals surface area (Å²) in [5.74, 6) is 0.483. The highest BCUT2D eigenvalue weighted by atomic mass is 32.1. The number of carbonyl (C=O) groups excluding carboxylic acids is 1. The third-order valence-electron chi connectivity index (χ3n) is 2.28. The summed E-state index contributed by atoms with van der Waals surface area (Å²) in [4.78, 5) is 12.7. The molecule has 0 aliphatic rings. The lowest BCUT2D eigenvalue weighted by Crippen LogP contribution is -2.12. The topological polar surface area (TPSA) is 57.8 Å². The van der Waals surface area contributed by atoms with Crippen molar-refractivity contribution in [3.05, 3.63) is 33.6 Å². The molecule has 0 saturated carbocycles. The highest BCUT2D eigenvalue weighted by Crippen LogP contribution is 2.18. The summed E-state index contributed by atoms with van der Waals surface area (Å²) < 4.78 is 0. The molecule has 0 aromatic carbocycles. The Labute approximate surface area is 97.7 Å². The maximum absolute atomic E-state index is 11.9. The van der Waals surface area contributed by atoms with Gasteiger partial charge in [0.05, 0.1) is 4.88 Å². The van der Waals surface area contributed by atoms with E-state index in [1.54, 1.807) is 6.07 Å². The Morgan fingerprint density at radius 2 is 2.44 bits per heavy atom. The first-order valence-electron chi connectivity index (χ1n) is 5.10. The van der Waals surface area contributed by atoms with Gasteiger partial charge in [-0.3, -0.25) is 9.89 Å². The molecule has 0 saturated heterocycles. The van der Waals surface area contributed by atoms with E-state index < -0.39 is 0 Å². The van der Waals surface area contributed by atoms with Crippen molar-refractivity contribution in [1.82, 2.24) is 10.2 Å². The summed E-state index contributed by atoms with van der Waals surface area (Å²) in [7, 11) is 0. The van der Waals surface area contributed by atoms with Crippen molar-refractivity contribution in [1.29, 1.82) is 0 Å². The third-order valence-corrected chi connectivity index (χ3v) is 3.24. The van der Waals surface area contributed by atoms with Gasteiger partial charge in [-0.1, -0.05) is 6.92 Å². The van der Waals surface area contributed by atoms with E-state index in [1.165, 1.54) is 11.3 Å². The van der Waals surface area contributed by atoms with Crippen LogP contribution in [0.2, 0.25) is 0 Å². The molecule has 4 nitrogen and oxygen atoms in total. The van der Waals surface area contributed by atoms with E-state index in [0.29, 0.717) is 5.82 Å². The van der Waals surface area contributed by atoms with Gasteiger partial charge in [-0.25, -0.2) is 0 Å². The molecule has 1 amide bonds. The lowest BCUT2D eigenvalue weighted by molar-refractivity contribution is 0.102. The Balaban J connectivity index is 2.14. The molecule has 2 N–H and O–H groups in total. The Kier molecular flexibility index (Phi) is 3.05. The summed E-state index contributed by atoms with van der Waals surface area (Å²) in [5, 5.41) is 11.5. The molecule has 2 aromatic rings. The molecule has 0 aliphatic heterocycles. The third kappa shape index (κ3) is 2.14. The second kappa shape index (κ2) is 4.49. The van der Waals surface area contributed by atoms with Gasteiger partial charge in [0.1, 0.15) is 0 Å². The minimum absolute atomic E-state index is 0.0849. The van der Waals surface area contributed by atoms with Gasteiger partial charge in [-0.2, -0.15) is 5.10 Å². The van der Waals surface area contributed by atoms with E-state index >= 15 is 0 Å². The zero-order chi connectivity index (χ0) is 11.5. The maximum atomic E-state index is 11.9. The fourth-order valence-corrected chi connectivity index (χ4v) is 2.36. The molecule has 0 aliphatic carbocycles. The van der Waals surface area contributed by atoms with Gasteiger partial charge in [-0.15, -0.1) is 11.3 Å². The summed E-state index contributed by atoms with van der Waals surface area (Å²) in [5.41, 5.74) is 2.01. The average Bonchev–Trinajstić information content (AvgIpc) is 2.86. The van der Waals surface area contributed by atoms with Crippen LogP contribution in [0.3, 0.4) is 0 Å². The van der Waals surface area contributed by atoms with Crippen molar-refractivity contribution in [2.75, 3.05) is 5.32 Å². The van der Waals surface area contributed by atoms with E-state index in [-0.39, 0.29) is 5.91 Å². The number of thiophene rings is 1. The van der Waals surface area contributed by atoms with Crippen LogP contribution in [-0.4, -0.2) is 16.1 Å². The first-order valence-corrected chi connectivity index (χ1v) is 5.98. The van der Waals surface area contributed by atoms with Crippen LogP contribution < -0.4 is 5.32 Å². The molecule has 0 fully saturated rings. The number of H-pyrrole nitrogens is 1. The normalized spacial score (nSPS) is 10.4. The van der Waals surface area contributed by atoms with Gasteiger partial charge in [0.15, 0.2) is 5.82 Å². The minimum Gasteiger partial charge on any atom is -0.304 e. The molecule has 2 aromatic heterocycles. The zero-order valence-corrected chi connectivity index (χ0v) is 10.0. The highest BCUT2D eigenvalue weighted by Gasteiger charge is 2.12. The molecular weight excluding hydrogens is 222 g/mol. The molecule has 2 rings (SSSR count). The van der Waals surface area contributed by atoms with E-state index in [9.17, 15) is 4.79 Å². The van der Waals surface area contributed by atoms with Crippen molar-refractivity contribution in [2.24, 2.45) is 0 Å². The number of hydrogen-bond acceptors (Lipinski definition) is 3. The molecule has 16 heavy (non-hydrogen) atoms. The van der Waals surface area contributed by atoms with Gasteiger partial charge in [0, 0.05) is 11.8 Å². The number of amides is 1. The second-order valence-electron chi connectivity index (χ2n) is 3.52. The lowest BCUT2D eigenvalue weighted by Gasteiger charge is -2.01. The van der Waals surface area contributed by atoms with Crippen molar-refractivity contribution >= 4 is 23.1 Å². The second-order valence-corrected chi connectivity index (χ2v) is 4.43. The van der Waals surface area contributed by atoms with Crippen LogP contribution in [0.15, 0.2) is 17.5 Å². The Morgan fingerprint density at radius 1 is 1.62 bits per heavy atom. The summed E-state index contributed by atoms with van der Waals surface area (Å²) in [6, 6.07) is 3.78. The fourth-order valence-electron chi connectivity index (χ4n) is 1.47.